The third-order valence-corrected chi connectivity index (χ3v) is 5.35. The summed E-state index contributed by atoms with van der Waals surface area (Å²) >= 11 is 0. The van der Waals surface area contributed by atoms with E-state index in [1.54, 1.807) is 0 Å². The first-order chi connectivity index (χ1) is 9.52. The largest absolute Gasteiger partial charge is 0.512 e. The zero-order valence-electron chi connectivity index (χ0n) is 12.1. The first-order valence-corrected chi connectivity index (χ1v) is 7.30. The predicted molar refractivity (Wildman–Crippen MR) is 71.0 cm³/mol. The maximum absolute atomic E-state index is 11.9. The molecule has 0 aromatic rings. The molecule has 20 heavy (non-hydrogen) atoms. The highest BCUT2D eigenvalue weighted by Gasteiger charge is 2.60. The first kappa shape index (κ1) is 13.9. The number of hydrogen-bond donors (Lipinski definition) is 1. The molecule has 1 N–H and O–H groups in total. The van der Waals surface area contributed by atoms with Gasteiger partial charge in [0, 0.05) is 18.3 Å². The second-order valence-corrected chi connectivity index (χ2v) is 6.25. The molecule has 5 heteroatoms. The van der Waals surface area contributed by atoms with Crippen molar-refractivity contribution in [3.8, 4) is 0 Å². The first-order valence-electron chi connectivity index (χ1n) is 7.30. The van der Waals surface area contributed by atoms with Crippen molar-refractivity contribution in [2.75, 3.05) is 20.3 Å². The Kier molecular flexibility index (Phi) is 3.29. The van der Waals surface area contributed by atoms with Crippen LogP contribution in [0.2, 0.25) is 0 Å². The minimum Gasteiger partial charge on any atom is -0.512 e. The molecule has 2 atom stereocenters. The summed E-state index contributed by atoms with van der Waals surface area (Å²) in [4.78, 5) is 11.9. The lowest BCUT2D eigenvalue weighted by Crippen LogP contribution is -2.56. The lowest BCUT2D eigenvalue weighted by atomic mass is 9.57. The van der Waals surface area contributed by atoms with Gasteiger partial charge in [-0.1, -0.05) is 6.92 Å². The highest BCUT2D eigenvalue weighted by molar-refractivity contribution is 5.89. The van der Waals surface area contributed by atoms with Gasteiger partial charge in [0.25, 0.3) is 0 Å². The molecular formula is C15H22O5. The zero-order chi connectivity index (χ0) is 14.4. The van der Waals surface area contributed by atoms with Gasteiger partial charge in [-0.15, -0.1) is 0 Å². The van der Waals surface area contributed by atoms with Gasteiger partial charge in [0.05, 0.1) is 25.9 Å². The van der Waals surface area contributed by atoms with Crippen molar-refractivity contribution in [2.24, 2.45) is 11.3 Å². The number of fused-ring (bicyclic) bond motifs is 2. The van der Waals surface area contributed by atoms with Crippen molar-refractivity contribution in [1.29, 1.82) is 0 Å². The fourth-order valence-electron chi connectivity index (χ4n) is 4.17. The Morgan fingerprint density at radius 3 is 2.75 bits per heavy atom. The Morgan fingerprint density at radius 1 is 1.40 bits per heavy atom. The van der Waals surface area contributed by atoms with Gasteiger partial charge in [-0.3, -0.25) is 0 Å². The third-order valence-electron chi connectivity index (χ3n) is 5.35. The number of rotatable bonds is 1. The Bertz CT molecular complexity index is 449. The quantitative estimate of drug-likeness (QED) is 0.748. The lowest BCUT2D eigenvalue weighted by Gasteiger charge is -2.54. The van der Waals surface area contributed by atoms with E-state index >= 15 is 0 Å². The molecule has 5 nitrogen and oxygen atoms in total. The van der Waals surface area contributed by atoms with Crippen LogP contribution in [-0.4, -0.2) is 37.2 Å². The maximum Gasteiger partial charge on any atom is 0.337 e. The molecule has 0 unspecified atom stereocenters. The second kappa shape index (κ2) is 4.74. The van der Waals surface area contributed by atoms with E-state index in [0.29, 0.717) is 31.6 Å². The molecule has 1 spiro atoms. The highest BCUT2D eigenvalue weighted by atomic mass is 16.7. The number of aliphatic hydroxyl groups excluding tert-OH is 1. The van der Waals surface area contributed by atoms with Crippen LogP contribution in [0.25, 0.3) is 0 Å². The molecule has 2 fully saturated rings. The predicted octanol–water partition coefficient (Wildman–Crippen LogP) is 2.31. The number of esters is 1. The van der Waals surface area contributed by atoms with Gasteiger partial charge < -0.3 is 19.3 Å². The molecular weight excluding hydrogens is 260 g/mol. The standard InChI is InChI=1S/C15H22O5/c1-14-9-11(13(17)18-2)12(16)8-10(14)4-3-5-15(14)19-6-7-20-15/h10,16H,3-9H2,1-2H3/t10-,14-/m0/s1. The average Bonchev–Trinajstić information content (AvgIpc) is 2.90. The number of hydrogen-bond acceptors (Lipinski definition) is 5. The summed E-state index contributed by atoms with van der Waals surface area (Å²) in [5, 5.41) is 10.2. The normalized spacial score (nSPS) is 36.0. The van der Waals surface area contributed by atoms with E-state index in [4.69, 9.17) is 14.2 Å². The van der Waals surface area contributed by atoms with Crippen LogP contribution < -0.4 is 0 Å². The van der Waals surface area contributed by atoms with E-state index < -0.39 is 11.8 Å². The maximum atomic E-state index is 11.9. The number of carbonyl (C=O) groups is 1. The fraction of sp³-hybridized carbons (Fsp3) is 0.800. The van der Waals surface area contributed by atoms with Crippen molar-refractivity contribution in [3.05, 3.63) is 11.3 Å². The topological polar surface area (TPSA) is 65.0 Å². The molecule has 0 bridgehead atoms. The van der Waals surface area contributed by atoms with Gasteiger partial charge in [0.15, 0.2) is 5.79 Å². The summed E-state index contributed by atoms with van der Waals surface area (Å²) in [6.07, 6.45) is 3.88. The Balaban J connectivity index is 1.98. The van der Waals surface area contributed by atoms with Crippen molar-refractivity contribution in [2.45, 2.75) is 44.8 Å². The van der Waals surface area contributed by atoms with Gasteiger partial charge in [0.2, 0.25) is 0 Å². The van der Waals surface area contributed by atoms with E-state index in [0.717, 1.165) is 19.3 Å². The van der Waals surface area contributed by atoms with Crippen molar-refractivity contribution in [3.63, 3.8) is 0 Å². The van der Waals surface area contributed by atoms with Crippen LogP contribution >= 0.6 is 0 Å². The monoisotopic (exact) mass is 282 g/mol. The summed E-state index contributed by atoms with van der Waals surface area (Å²) in [7, 11) is 1.34. The number of methoxy groups -OCH3 is 1. The number of aliphatic hydroxyl groups is 1. The molecule has 0 aromatic heterocycles. The fourth-order valence-corrected chi connectivity index (χ4v) is 4.17. The second-order valence-electron chi connectivity index (χ2n) is 6.25. The van der Waals surface area contributed by atoms with Gasteiger partial charge in [-0.05, 0) is 25.2 Å². The van der Waals surface area contributed by atoms with E-state index in [9.17, 15) is 9.90 Å². The smallest absolute Gasteiger partial charge is 0.337 e. The summed E-state index contributed by atoms with van der Waals surface area (Å²) in [5.74, 6) is -0.589. The zero-order valence-corrected chi connectivity index (χ0v) is 12.1. The van der Waals surface area contributed by atoms with Crippen LogP contribution in [0.4, 0.5) is 0 Å². The molecule has 1 heterocycles. The van der Waals surface area contributed by atoms with Crippen LogP contribution in [0.1, 0.15) is 39.0 Å². The molecule has 2 aliphatic carbocycles. The van der Waals surface area contributed by atoms with Gasteiger partial charge in [-0.2, -0.15) is 0 Å². The summed E-state index contributed by atoms with van der Waals surface area (Å²) in [6, 6.07) is 0. The molecule has 1 saturated heterocycles. The summed E-state index contributed by atoms with van der Waals surface area (Å²) in [5.41, 5.74) is 0.101. The number of allylic oxidation sites excluding steroid dienone is 1. The van der Waals surface area contributed by atoms with E-state index in [1.165, 1.54) is 7.11 Å². The van der Waals surface area contributed by atoms with Crippen LogP contribution in [0.15, 0.2) is 11.3 Å². The summed E-state index contributed by atoms with van der Waals surface area (Å²) < 4.78 is 16.7. The van der Waals surface area contributed by atoms with Gasteiger partial charge in [-0.25, -0.2) is 4.79 Å². The Labute approximate surface area is 118 Å². The third kappa shape index (κ3) is 1.79. The van der Waals surface area contributed by atoms with Crippen molar-refractivity contribution in [1.82, 2.24) is 0 Å². The van der Waals surface area contributed by atoms with E-state index in [-0.39, 0.29) is 17.1 Å². The molecule has 0 aromatic carbocycles. The van der Waals surface area contributed by atoms with Crippen LogP contribution in [0.5, 0.6) is 0 Å². The SMILES string of the molecule is COC(=O)C1=C(O)C[C@@H]2CCCC3(OCCO3)[C@@]2(C)C1. The highest BCUT2D eigenvalue weighted by Crippen LogP contribution is 2.59. The van der Waals surface area contributed by atoms with E-state index in [2.05, 4.69) is 6.92 Å². The number of carbonyl (C=O) groups excluding carboxylic acids is 1. The van der Waals surface area contributed by atoms with Crippen LogP contribution in [-0.2, 0) is 19.0 Å². The van der Waals surface area contributed by atoms with Crippen LogP contribution in [0.3, 0.4) is 0 Å². The van der Waals surface area contributed by atoms with Crippen LogP contribution in [0, 0.1) is 11.3 Å². The molecule has 3 rings (SSSR count). The minimum absolute atomic E-state index is 0.175. The van der Waals surface area contributed by atoms with Gasteiger partial charge >= 0.3 is 5.97 Å². The molecule has 0 radical (unpaired) electrons. The lowest BCUT2D eigenvalue weighted by molar-refractivity contribution is -0.270. The molecule has 112 valence electrons. The average molecular weight is 282 g/mol. The molecule has 3 aliphatic rings. The molecule has 1 aliphatic heterocycles. The van der Waals surface area contributed by atoms with Gasteiger partial charge in [0.1, 0.15) is 5.76 Å². The number of ether oxygens (including phenoxy) is 3. The van der Waals surface area contributed by atoms with Crippen molar-refractivity contribution >= 4 is 5.97 Å². The minimum atomic E-state index is -0.601. The van der Waals surface area contributed by atoms with Crippen molar-refractivity contribution < 1.29 is 24.1 Å². The Morgan fingerprint density at radius 2 is 2.10 bits per heavy atom. The summed E-state index contributed by atoms with van der Waals surface area (Å²) in [6.45, 7) is 3.33. The Hall–Kier alpha value is -1.07. The van der Waals surface area contributed by atoms with E-state index in [1.807, 2.05) is 0 Å². The molecule has 1 saturated carbocycles. The molecule has 0 amide bonds.